The minimum absolute atomic E-state index is 0.202. The fraction of sp³-hybridized carbons (Fsp3) is 0.556. The number of hydrogen-bond acceptors (Lipinski definition) is 2. The summed E-state index contributed by atoms with van der Waals surface area (Å²) in [6, 6.07) is 8.01. The third-order valence-electron chi connectivity index (χ3n) is 4.05. The molecule has 1 amide bonds. The van der Waals surface area contributed by atoms with Crippen LogP contribution in [0.25, 0.3) is 11.0 Å². The van der Waals surface area contributed by atoms with Crippen LogP contribution in [0.3, 0.4) is 0 Å². The number of imidazole rings is 1. The first-order valence-corrected chi connectivity index (χ1v) is 8.37. The Labute approximate surface area is 133 Å². The van der Waals surface area contributed by atoms with Gasteiger partial charge in [-0.15, -0.1) is 0 Å². The predicted octanol–water partition coefficient (Wildman–Crippen LogP) is 3.77. The van der Waals surface area contributed by atoms with E-state index in [0.717, 1.165) is 55.6 Å². The number of unbranched alkanes of at least 4 members (excludes halogenated alkanes) is 2. The Morgan fingerprint density at radius 1 is 1.14 bits per heavy atom. The van der Waals surface area contributed by atoms with Crippen molar-refractivity contribution >= 4 is 16.9 Å². The number of carbonyl (C=O) groups excluding carboxylic acids is 1. The number of aryl methyl sites for hydroxylation is 1. The Bertz CT molecular complexity index is 610. The summed E-state index contributed by atoms with van der Waals surface area (Å²) in [4.78, 5) is 19.3. The van der Waals surface area contributed by atoms with Crippen molar-refractivity contribution in [3.8, 4) is 0 Å². The van der Waals surface area contributed by atoms with E-state index in [4.69, 9.17) is 0 Å². The molecule has 0 saturated carbocycles. The lowest BCUT2D eigenvalue weighted by Crippen LogP contribution is -2.35. The SMILES string of the molecule is CCCCN(CCCC)C(=O)Cn1c(C)nc2ccccc21. The van der Waals surface area contributed by atoms with E-state index in [-0.39, 0.29) is 5.91 Å². The van der Waals surface area contributed by atoms with Crippen LogP contribution in [0.4, 0.5) is 0 Å². The average molecular weight is 301 g/mol. The van der Waals surface area contributed by atoms with Gasteiger partial charge in [-0.2, -0.15) is 0 Å². The van der Waals surface area contributed by atoms with Crippen LogP contribution in [-0.2, 0) is 11.3 Å². The zero-order chi connectivity index (χ0) is 15.9. The molecule has 0 unspecified atom stereocenters. The summed E-state index contributed by atoms with van der Waals surface area (Å²) in [6.07, 6.45) is 4.37. The molecule has 4 heteroatoms. The van der Waals surface area contributed by atoms with E-state index in [1.165, 1.54) is 0 Å². The molecule has 1 aromatic heterocycles. The van der Waals surface area contributed by atoms with Gasteiger partial charge in [0, 0.05) is 13.1 Å². The fourth-order valence-corrected chi connectivity index (χ4v) is 2.69. The number of aromatic nitrogens is 2. The second-order valence-corrected chi connectivity index (χ2v) is 5.82. The Kier molecular flexibility index (Phi) is 5.99. The number of amides is 1. The number of para-hydroxylation sites is 2. The normalized spacial score (nSPS) is 11.0. The summed E-state index contributed by atoms with van der Waals surface area (Å²) in [6.45, 7) is 8.41. The van der Waals surface area contributed by atoms with Gasteiger partial charge in [-0.1, -0.05) is 38.8 Å². The van der Waals surface area contributed by atoms with E-state index in [0.29, 0.717) is 6.54 Å². The maximum atomic E-state index is 12.7. The molecule has 1 aromatic carbocycles. The molecule has 0 atom stereocenters. The van der Waals surface area contributed by atoms with Gasteiger partial charge >= 0.3 is 0 Å². The van der Waals surface area contributed by atoms with Crippen LogP contribution in [0.2, 0.25) is 0 Å². The fourth-order valence-electron chi connectivity index (χ4n) is 2.69. The molecule has 120 valence electrons. The van der Waals surface area contributed by atoms with Gasteiger partial charge in [-0.25, -0.2) is 4.98 Å². The van der Waals surface area contributed by atoms with Crippen LogP contribution in [0.15, 0.2) is 24.3 Å². The van der Waals surface area contributed by atoms with E-state index in [1.54, 1.807) is 0 Å². The summed E-state index contributed by atoms with van der Waals surface area (Å²) in [5, 5.41) is 0. The first kappa shape index (κ1) is 16.5. The van der Waals surface area contributed by atoms with Crippen LogP contribution >= 0.6 is 0 Å². The van der Waals surface area contributed by atoms with Gasteiger partial charge in [0.1, 0.15) is 12.4 Å². The molecule has 1 heterocycles. The molecule has 0 aliphatic heterocycles. The second-order valence-electron chi connectivity index (χ2n) is 5.82. The summed E-state index contributed by atoms with van der Waals surface area (Å²) >= 11 is 0. The highest BCUT2D eigenvalue weighted by Gasteiger charge is 2.16. The predicted molar refractivity (Wildman–Crippen MR) is 90.9 cm³/mol. The first-order valence-electron chi connectivity index (χ1n) is 8.37. The Morgan fingerprint density at radius 3 is 2.41 bits per heavy atom. The number of hydrogen-bond donors (Lipinski definition) is 0. The highest BCUT2D eigenvalue weighted by Crippen LogP contribution is 2.16. The Balaban J connectivity index is 2.14. The lowest BCUT2D eigenvalue weighted by atomic mass is 10.2. The molecule has 0 fully saturated rings. The molecule has 2 aromatic rings. The van der Waals surface area contributed by atoms with Gasteiger partial charge in [0.05, 0.1) is 11.0 Å². The molecular formula is C18H27N3O. The zero-order valence-electron chi connectivity index (χ0n) is 14.0. The first-order chi connectivity index (χ1) is 10.7. The number of carbonyl (C=O) groups is 1. The van der Waals surface area contributed by atoms with Crippen LogP contribution in [0.5, 0.6) is 0 Å². The topological polar surface area (TPSA) is 38.1 Å². The minimum Gasteiger partial charge on any atom is -0.341 e. The van der Waals surface area contributed by atoms with Crippen LogP contribution in [-0.4, -0.2) is 33.4 Å². The number of nitrogens with zero attached hydrogens (tertiary/aromatic N) is 3. The van der Waals surface area contributed by atoms with E-state index >= 15 is 0 Å². The molecule has 0 N–H and O–H groups in total. The van der Waals surface area contributed by atoms with Crippen LogP contribution < -0.4 is 0 Å². The van der Waals surface area contributed by atoms with Crippen molar-refractivity contribution in [2.75, 3.05) is 13.1 Å². The maximum Gasteiger partial charge on any atom is 0.242 e. The molecule has 0 spiro atoms. The third-order valence-corrected chi connectivity index (χ3v) is 4.05. The quantitative estimate of drug-likeness (QED) is 0.744. The zero-order valence-corrected chi connectivity index (χ0v) is 14.0. The smallest absolute Gasteiger partial charge is 0.242 e. The van der Waals surface area contributed by atoms with Crippen molar-refractivity contribution < 1.29 is 4.79 Å². The van der Waals surface area contributed by atoms with Gasteiger partial charge in [0.2, 0.25) is 5.91 Å². The van der Waals surface area contributed by atoms with Gasteiger partial charge < -0.3 is 9.47 Å². The van der Waals surface area contributed by atoms with Crippen molar-refractivity contribution in [3.05, 3.63) is 30.1 Å². The van der Waals surface area contributed by atoms with E-state index < -0.39 is 0 Å². The second kappa shape index (κ2) is 7.97. The summed E-state index contributed by atoms with van der Waals surface area (Å²) in [5.41, 5.74) is 2.00. The van der Waals surface area contributed by atoms with Crippen molar-refractivity contribution in [2.45, 2.75) is 53.0 Å². The molecule has 0 aliphatic carbocycles. The molecule has 22 heavy (non-hydrogen) atoms. The minimum atomic E-state index is 0.202. The number of rotatable bonds is 8. The van der Waals surface area contributed by atoms with E-state index in [1.807, 2.05) is 40.7 Å². The Hall–Kier alpha value is -1.84. The van der Waals surface area contributed by atoms with Crippen molar-refractivity contribution in [1.29, 1.82) is 0 Å². The lowest BCUT2D eigenvalue weighted by Gasteiger charge is -2.23. The Morgan fingerprint density at radius 2 is 1.77 bits per heavy atom. The van der Waals surface area contributed by atoms with Crippen molar-refractivity contribution in [1.82, 2.24) is 14.5 Å². The monoisotopic (exact) mass is 301 g/mol. The summed E-state index contributed by atoms with van der Waals surface area (Å²) in [5.74, 6) is 1.11. The number of benzene rings is 1. The summed E-state index contributed by atoms with van der Waals surface area (Å²) < 4.78 is 2.03. The molecule has 4 nitrogen and oxygen atoms in total. The maximum absolute atomic E-state index is 12.7. The van der Waals surface area contributed by atoms with Gasteiger partial charge in [-0.05, 0) is 31.9 Å². The highest BCUT2D eigenvalue weighted by molar-refractivity contribution is 5.81. The van der Waals surface area contributed by atoms with Gasteiger partial charge in [-0.3, -0.25) is 4.79 Å². The highest BCUT2D eigenvalue weighted by atomic mass is 16.2. The van der Waals surface area contributed by atoms with Crippen molar-refractivity contribution in [3.63, 3.8) is 0 Å². The van der Waals surface area contributed by atoms with Crippen LogP contribution in [0.1, 0.15) is 45.4 Å². The lowest BCUT2D eigenvalue weighted by molar-refractivity contribution is -0.132. The van der Waals surface area contributed by atoms with Gasteiger partial charge in [0.15, 0.2) is 0 Å². The molecule has 0 saturated heterocycles. The van der Waals surface area contributed by atoms with Gasteiger partial charge in [0.25, 0.3) is 0 Å². The van der Waals surface area contributed by atoms with Crippen molar-refractivity contribution in [2.24, 2.45) is 0 Å². The third kappa shape index (κ3) is 3.87. The van der Waals surface area contributed by atoms with E-state index in [2.05, 4.69) is 18.8 Å². The van der Waals surface area contributed by atoms with Crippen LogP contribution in [0, 0.1) is 6.92 Å². The molecule has 0 aliphatic rings. The number of fused-ring (bicyclic) bond motifs is 1. The molecule has 2 rings (SSSR count). The average Bonchev–Trinajstić information content (AvgIpc) is 2.83. The standard InChI is InChI=1S/C18H27N3O/c1-4-6-12-20(13-7-5-2)18(22)14-21-15(3)19-16-10-8-9-11-17(16)21/h8-11H,4-7,12-14H2,1-3H3. The molecular weight excluding hydrogens is 274 g/mol. The molecule has 0 radical (unpaired) electrons. The largest absolute Gasteiger partial charge is 0.341 e. The summed E-state index contributed by atoms with van der Waals surface area (Å²) in [7, 11) is 0. The molecule has 0 bridgehead atoms. The van der Waals surface area contributed by atoms with E-state index in [9.17, 15) is 4.79 Å².